The predicted molar refractivity (Wildman–Crippen MR) is 72.0 cm³/mol. The lowest BCUT2D eigenvalue weighted by molar-refractivity contribution is 0.326. The van der Waals surface area contributed by atoms with Gasteiger partial charge in [-0.15, -0.1) is 0 Å². The summed E-state index contributed by atoms with van der Waals surface area (Å²) in [6.07, 6.45) is 6.25. The van der Waals surface area contributed by atoms with Gasteiger partial charge in [-0.2, -0.15) is 11.8 Å². The second-order valence-electron chi connectivity index (χ2n) is 4.09. The van der Waals surface area contributed by atoms with Crippen LogP contribution in [0.4, 0.5) is 5.82 Å². The van der Waals surface area contributed by atoms with Gasteiger partial charge in [-0.05, 0) is 26.0 Å². The smallest absolute Gasteiger partial charge is 0.218 e. The zero-order chi connectivity index (χ0) is 12.1. The molecule has 1 aromatic rings. The highest BCUT2D eigenvalue weighted by Crippen LogP contribution is 2.26. The summed E-state index contributed by atoms with van der Waals surface area (Å²) in [5.41, 5.74) is 0. The van der Waals surface area contributed by atoms with E-state index >= 15 is 0 Å². The van der Waals surface area contributed by atoms with Crippen molar-refractivity contribution in [2.45, 2.75) is 25.8 Å². The summed E-state index contributed by atoms with van der Waals surface area (Å²) in [5.74, 6) is 2.83. The molecule has 0 aliphatic carbocycles. The maximum atomic E-state index is 5.42. The Hall–Kier alpha value is -0.970. The summed E-state index contributed by atoms with van der Waals surface area (Å²) < 4.78 is 5.42. The van der Waals surface area contributed by atoms with Gasteiger partial charge in [-0.3, -0.25) is 0 Å². The van der Waals surface area contributed by atoms with Crippen molar-refractivity contribution in [3.05, 3.63) is 12.4 Å². The van der Waals surface area contributed by atoms with E-state index in [1.807, 2.05) is 24.8 Å². The molecular formula is C12H19N3OS. The summed E-state index contributed by atoms with van der Waals surface area (Å²) in [7, 11) is 0. The van der Waals surface area contributed by atoms with Crippen LogP contribution < -0.4 is 9.64 Å². The minimum atomic E-state index is 0.606. The Kier molecular flexibility index (Phi) is 4.48. The van der Waals surface area contributed by atoms with Gasteiger partial charge < -0.3 is 9.64 Å². The van der Waals surface area contributed by atoms with Crippen molar-refractivity contribution >= 4 is 17.6 Å². The van der Waals surface area contributed by atoms with Gasteiger partial charge >= 0.3 is 0 Å². The average molecular weight is 253 g/mol. The van der Waals surface area contributed by atoms with E-state index in [9.17, 15) is 0 Å². The van der Waals surface area contributed by atoms with Crippen LogP contribution in [0.15, 0.2) is 12.4 Å². The van der Waals surface area contributed by atoms with Gasteiger partial charge in [0.25, 0.3) is 0 Å². The van der Waals surface area contributed by atoms with Gasteiger partial charge in [-0.1, -0.05) is 0 Å². The summed E-state index contributed by atoms with van der Waals surface area (Å²) in [4.78, 5) is 10.8. The summed E-state index contributed by atoms with van der Waals surface area (Å²) in [6, 6.07) is 2.55. The highest BCUT2D eigenvalue weighted by molar-refractivity contribution is 7.98. The van der Waals surface area contributed by atoms with E-state index in [-0.39, 0.29) is 0 Å². The third kappa shape index (κ3) is 3.03. The van der Waals surface area contributed by atoms with Crippen LogP contribution in [0, 0.1) is 0 Å². The zero-order valence-corrected chi connectivity index (χ0v) is 11.2. The van der Waals surface area contributed by atoms with Crippen LogP contribution in [0.1, 0.15) is 19.8 Å². The third-order valence-electron chi connectivity index (χ3n) is 2.95. The largest absolute Gasteiger partial charge is 0.478 e. The highest BCUT2D eigenvalue weighted by atomic mass is 32.2. The first-order valence-electron chi connectivity index (χ1n) is 6.05. The molecule has 1 aliphatic rings. The Morgan fingerprint density at radius 1 is 1.53 bits per heavy atom. The van der Waals surface area contributed by atoms with Gasteiger partial charge in [0.15, 0.2) is 0 Å². The van der Waals surface area contributed by atoms with Crippen molar-refractivity contribution in [3.63, 3.8) is 0 Å². The molecule has 0 saturated carbocycles. The molecule has 2 rings (SSSR count). The molecule has 1 saturated heterocycles. The lowest BCUT2D eigenvalue weighted by Gasteiger charge is -2.25. The van der Waals surface area contributed by atoms with E-state index < -0.39 is 0 Å². The quantitative estimate of drug-likeness (QED) is 0.804. The van der Waals surface area contributed by atoms with Crippen LogP contribution in [0.25, 0.3) is 0 Å². The first kappa shape index (κ1) is 12.5. The third-order valence-corrected chi connectivity index (χ3v) is 3.67. The van der Waals surface area contributed by atoms with E-state index in [0.717, 1.165) is 18.1 Å². The first-order valence-corrected chi connectivity index (χ1v) is 7.45. The predicted octanol–water partition coefficient (Wildman–Crippen LogP) is 2.21. The molecule has 2 heterocycles. The average Bonchev–Trinajstić information content (AvgIpc) is 2.79. The fraction of sp³-hybridized carbons (Fsp3) is 0.667. The van der Waals surface area contributed by atoms with E-state index in [1.165, 1.54) is 12.8 Å². The van der Waals surface area contributed by atoms with Crippen molar-refractivity contribution in [2.24, 2.45) is 0 Å². The lowest BCUT2D eigenvalue weighted by Crippen LogP contribution is -2.31. The van der Waals surface area contributed by atoms with Gasteiger partial charge in [0, 0.05) is 24.4 Å². The van der Waals surface area contributed by atoms with Crippen LogP contribution in [0.3, 0.4) is 0 Å². The molecule has 1 fully saturated rings. The maximum absolute atomic E-state index is 5.42. The van der Waals surface area contributed by atoms with Crippen LogP contribution in [0.2, 0.25) is 0 Å². The van der Waals surface area contributed by atoms with Crippen molar-refractivity contribution in [1.29, 1.82) is 0 Å². The molecule has 94 valence electrons. The SMILES string of the molecule is CCOc1cc(N2CCC[C@@H]2CSC)ncn1. The number of aromatic nitrogens is 2. The number of hydrogen-bond acceptors (Lipinski definition) is 5. The molecule has 0 bridgehead atoms. The number of rotatable bonds is 5. The van der Waals surface area contributed by atoms with Crippen LogP contribution in [0.5, 0.6) is 5.88 Å². The molecule has 0 aromatic carbocycles. The maximum Gasteiger partial charge on any atom is 0.218 e. The van der Waals surface area contributed by atoms with E-state index in [4.69, 9.17) is 4.74 Å². The van der Waals surface area contributed by atoms with Crippen LogP contribution >= 0.6 is 11.8 Å². The molecule has 5 heteroatoms. The van der Waals surface area contributed by atoms with Gasteiger partial charge in [-0.25, -0.2) is 9.97 Å². The molecule has 0 unspecified atom stereocenters. The normalized spacial score (nSPS) is 19.6. The second-order valence-corrected chi connectivity index (χ2v) is 5.00. The topological polar surface area (TPSA) is 38.2 Å². The van der Waals surface area contributed by atoms with Gasteiger partial charge in [0.1, 0.15) is 12.1 Å². The zero-order valence-electron chi connectivity index (χ0n) is 10.4. The van der Waals surface area contributed by atoms with Gasteiger partial charge in [0.05, 0.1) is 6.61 Å². The van der Waals surface area contributed by atoms with Crippen molar-refractivity contribution in [1.82, 2.24) is 9.97 Å². The molecule has 0 spiro atoms. The number of hydrogen-bond donors (Lipinski definition) is 0. The second kappa shape index (κ2) is 6.10. The molecule has 1 atom stereocenters. The molecule has 0 N–H and O–H groups in total. The highest BCUT2D eigenvalue weighted by Gasteiger charge is 2.25. The standard InChI is InChI=1S/C12H19N3OS/c1-3-16-12-7-11(13-9-14-12)15-6-4-5-10(15)8-17-2/h7,9-10H,3-6,8H2,1-2H3/t10-/m1/s1. The Balaban J connectivity index is 2.12. The van der Waals surface area contributed by atoms with E-state index in [2.05, 4.69) is 21.1 Å². The molecule has 17 heavy (non-hydrogen) atoms. The minimum Gasteiger partial charge on any atom is -0.478 e. The lowest BCUT2D eigenvalue weighted by atomic mass is 10.2. The van der Waals surface area contributed by atoms with Crippen molar-refractivity contribution in [3.8, 4) is 5.88 Å². The number of ether oxygens (including phenoxy) is 1. The summed E-state index contributed by atoms with van der Waals surface area (Å²) >= 11 is 1.90. The number of thioether (sulfide) groups is 1. The molecule has 1 aliphatic heterocycles. The molecular weight excluding hydrogens is 234 g/mol. The summed E-state index contributed by atoms with van der Waals surface area (Å²) in [5, 5.41) is 0. The van der Waals surface area contributed by atoms with Crippen LogP contribution in [-0.4, -0.2) is 41.2 Å². The minimum absolute atomic E-state index is 0.606. The molecule has 0 radical (unpaired) electrons. The fourth-order valence-corrected chi connectivity index (χ4v) is 2.95. The van der Waals surface area contributed by atoms with Crippen molar-refractivity contribution in [2.75, 3.05) is 30.1 Å². The monoisotopic (exact) mass is 253 g/mol. The van der Waals surface area contributed by atoms with E-state index in [1.54, 1.807) is 6.33 Å². The Morgan fingerprint density at radius 2 is 2.41 bits per heavy atom. The Morgan fingerprint density at radius 3 is 3.18 bits per heavy atom. The molecule has 0 amide bonds. The van der Waals surface area contributed by atoms with Crippen molar-refractivity contribution < 1.29 is 4.74 Å². The number of anilines is 1. The van der Waals surface area contributed by atoms with E-state index in [0.29, 0.717) is 18.5 Å². The van der Waals surface area contributed by atoms with Gasteiger partial charge in [0.2, 0.25) is 5.88 Å². The molecule has 4 nitrogen and oxygen atoms in total. The Labute approximate surface area is 107 Å². The molecule has 1 aromatic heterocycles. The summed E-state index contributed by atoms with van der Waals surface area (Å²) in [6.45, 7) is 3.70. The number of nitrogens with zero attached hydrogens (tertiary/aromatic N) is 3. The van der Waals surface area contributed by atoms with Crippen LogP contribution in [-0.2, 0) is 0 Å². The Bertz CT molecular complexity index is 361. The fourth-order valence-electron chi connectivity index (χ4n) is 2.22. The first-order chi connectivity index (χ1) is 8.35.